The maximum absolute atomic E-state index is 14.2. The fourth-order valence-corrected chi connectivity index (χ4v) is 6.86. The van der Waals surface area contributed by atoms with Gasteiger partial charge in [-0.3, -0.25) is 9.59 Å². The van der Waals surface area contributed by atoms with E-state index in [1.807, 2.05) is 30.3 Å². The van der Waals surface area contributed by atoms with Crippen LogP contribution in [0.2, 0.25) is 10.0 Å². The number of aliphatic carboxylic acids is 1. The molecular weight excluding hydrogens is 547 g/mol. The Bertz CT molecular complexity index is 1340. The topological polar surface area (TPSA) is 104 Å². The summed E-state index contributed by atoms with van der Waals surface area (Å²) in [4.78, 5) is 27.8. The zero-order valence-corrected chi connectivity index (χ0v) is 23.7. The van der Waals surface area contributed by atoms with Crippen molar-refractivity contribution in [2.45, 2.75) is 57.5 Å². The predicted octanol–water partition coefficient (Wildman–Crippen LogP) is 5.56. The molecule has 0 spiro atoms. The number of nitrogens with zero attached hydrogens (tertiary/aromatic N) is 1. The van der Waals surface area contributed by atoms with Crippen LogP contribution < -0.4 is 4.72 Å². The van der Waals surface area contributed by atoms with Gasteiger partial charge in [-0.15, -0.1) is 0 Å². The van der Waals surface area contributed by atoms with Gasteiger partial charge in [0.15, 0.2) is 0 Å². The Morgan fingerprint density at radius 1 is 1.11 bits per heavy atom. The molecule has 1 aliphatic carbocycles. The number of carboxylic acid groups (broad SMARTS) is 1. The SMILES string of the molecule is CCCS(=O)(=O)NCC(C1CC1)N1C(=O)C(CC(=O)O)=C(C)[C@H](c2cccc(Cl)c2)[C@H]1c1ccc(Cl)cc1. The molecule has 2 N–H and O–H groups in total. The van der Waals surface area contributed by atoms with Crippen LogP contribution >= 0.6 is 23.2 Å². The number of carbonyl (C=O) groups is 2. The highest BCUT2D eigenvalue weighted by Gasteiger charge is 2.48. The lowest BCUT2D eigenvalue weighted by molar-refractivity contribution is -0.140. The molecule has 1 saturated carbocycles. The first kappa shape index (κ1) is 28.6. The molecule has 7 nitrogen and oxygen atoms in total. The van der Waals surface area contributed by atoms with E-state index in [2.05, 4.69) is 4.72 Å². The van der Waals surface area contributed by atoms with Gasteiger partial charge in [0.25, 0.3) is 5.91 Å². The van der Waals surface area contributed by atoms with E-state index in [1.165, 1.54) is 0 Å². The number of amides is 1. The summed E-state index contributed by atoms with van der Waals surface area (Å²) in [5.41, 5.74) is 2.55. The summed E-state index contributed by atoms with van der Waals surface area (Å²) in [7, 11) is -3.52. The van der Waals surface area contributed by atoms with E-state index >= 15 is 0 Å². The Morgan fingerprint density at radius 3 is 2.37 bits per heavy atom. The van der Waals surface area contributed by atoms with Gasteiger partial charge in [-0.2, -0.15) is 0 Å². The van der Waals surface area contributed by atoms with Crippen LogP contribution in [0.5, 0.6) is 0 Å². The Morgan fingerprint density at radius 2 is 1.79 bits per heavy atom. The van der Waals surface area contributed by atoms with Crippen LogP contribution in [0, 0.1) is 5.92 Å². The van der Waals surface area contributed by atoms with Gasteiger partial charge in [0, 0.05) is 34.1 Å². The van der Waals surface area contributed by atoms with E-state index in [-0.39, 0.29) is 29.7 Å². The Labute approximate surface area is 233 Å². The molecule has 0 saturated heterocycles. The summed E-state index contributed by atoms with van der Waals surface area (Å²) >= 11 is 12.6. The van der Waals surface area contributed by atoms with Crippen molar-refractivity contribution in [2.24, 2.45) is 5.92 Å². The lowest BCUT2D eigenvalue weighted by atomic mass is 9.75. The number of benzene rings is 2. The normalized spacial score (nSPS) is 21.1. The van der Waals surface area contributed by atoms with Gasteiger partial charge < -0.3 is 10.0 Å². The van der Waals surface area contributed by atoms with E-state index < -0.39 is 40.4 Å². The number of carboxylic acids is 1. The van der Waals surface area contributed by atoms with Crippen LogP contribution in [0.4, 0.5) is 0 Å². The van der Waals surface area contributed by atoms with Crippen molar-refractivity contribution in [1.29, 1.82) is 0 Å². The largest absolute Gasteiger partial charge is 0.481 e. The summed E-state index contributed by atoms with van der Waals surface area (Å²) in [6.07, 6.45) is 1.76. The number of rotatable bonds is 11. The van der Waals surface area contributed by atoms with Crippen LogP contribution in [0.3, 0.4) is 0 Å². The summed E-state index contributed by atoms with van der Waals surface area (Å²) in [6, 6.07) is 13.6. The minimum atomic E-state index is -3.52. The molecule has 1 unspecified atom stereocenters. The van der Waals surface area contributed by atoms with Crippen molar-refractivity contribution >= 4 is 45.1 Å². The van der Waals surface area contributed by atoms with Crippen molar-refractivity contribution in [3.63, 3.8) is 0 Å². The average Bonchev–Trinajstić information content (AvgIpc) is 3.68. The first-order valence-corrected chi connectivity index (χ1v) is 15.2. The highest BCUT2D eigenvalue weighted by Crippen LogP contribution is 2.50. The first-order chi connectivity index (χ1) is 18.0. The molecule has 3 atom stereocenters. The zero-order valence-electron chi connectivity index (χ0n) is 21.4. The maximum atomic E-state index is 14.2. The van der Waals surface area contributed by atoms with E-state index in [0.717, 1.165) is 24.0 Å². The highest BCUT2D eigenvalue weighted by molar-refractivity contribution is 7.89. The Hall–Kier alpha value is -2.39. The van der Waals surface area contributed by atoms with E-state index in [9.17, 15) is 23.1 Å². The minimum Gasteiger partial charge on any atom is -0.481 e. The molecule has 1 aliphatic heterocycles. The molecule has 0 bridgehead atoms. The number of halogens is 2. The van der Waals surface area contributed by atoms with Gasteiger partial charge in [-0.1, -0.05) is 60.0 Å². The van der Waals surface area contributed by atoms with E-state index in [4.69, 9.17) is 23.2 Å². The molecule has 10 heteroatoms. The molecule has 1 fully saturated rings. The second-order valence-corrected chi connectivity index (χ2v) is 12.8. The van der Waals surface area contributed by atoms with Crippen LogP contribution in [0.1, 0.15) is 62.6 Å². The highest BCUT2D eigenvalue weighted by atomic mass is 35.5. The lowest BCUT2D eigenvalue weighted by Crippen LogP contribution is -2.54. The summed E-state index contributed by atoms with van der Waals surface area (Å²) in [6.45, 7) is 3.66. The van der Waals surface area contributed by atoms with Crippen LogP contribution in [-0.4, -0.2) is 48.6 Å². The average molecular weight is 580 g/mol. The van der Waals surface area contributed by atoms with Crippen LogP contribution in [-0.2, 0) is 19.6 Å². The molecule has 2 aliphatic rings. The third kappa shape index (κ3) is 6.42. The predicted molar refractivity (Wildman–Crippen MR) is 149 cm³/mol. The van der Waals surface area contributed by atoms with Gasteiger partial charge >= 0.3 is 5.97 Å². The molecular formula is C28H32Cl2N2O5S. The number of sulfonamides is 1. The number of hydrogen-bond acceptors (Lipinski definition) is 4. The number of nitrogens with one attached hydrogen (secondary N) is 1. The molecule has 2 aromatic rings. The van der Waals surface area contributed by atoms with Crippen molar-refractivity contribution in [1.82, 2.24) is 9.62 Å². The van der Waals surface area contributed by atoms with Gasteiger partial charge in [-0.25, -0.2) is 13.1 Å². The minimum absolute atomic E-state index is 0.00659. The number of carbonyl (C=O) groups excluding carboxylic acids is 1. The maximum Gasteiger partial charge on any atom is 0.308 e. The van der Waals surface area contributed by atoms with Crippen molar-refractivity contribution in [3.05, 3.63) is 80.8 Å². The number of hydrogen-bond donors (Lipinski definition) is 2. The monoisotopic (exact) mass is 578 g/mol. The Kier molecular flexibility index (Phi) is 8.87. The quantitative estimate of drug-likeness (QED) is 0.363. The Balaban J connectivity index is 1.90. The smallest absolute Gasteiger partial charge is 0.308 e. The van der Waals surface area contributed by atoms with Crippen LogP contribution in [0.25, 0.3) is 0 Å². The van der Waals surface area contributed by atoms with Crippen molar-refractivity contribution < 1.29 is 23.1 Å². The van der Waals surface area contributed by atoms with Gasteiger partial charge in [0.05, 0.1) is 18.2 Å². The summed E-state index contributed by atoms with van der Waals surface area (Å²) in [5.74, 6) is -1.78. The fourth-order valence-electron chi connectivity index (χ4n) is 5.43. The first-order valence-electron chi connectivity index (χ1n) is 12.7. The molecule has 0 radical (unpaired) electrons. The van der Waals surface area contributed by atoms with Crippen molar-refractivity contribution in [3.8, 4) is 0 Å². The van der Waals surface area contributed by atoms with Crippen molar-refractivity contribution in [2.75, 3.05) is 12.3 Å². The second kappa shape index (κ2) is 11.8. The zero-order chi connectivity index (χ0) is 27.6. The summed E-state index contributed by atoms with van der Waals surface area (Å²) in [5, 5.41) is 10.8. The molecule has 38 heavy (non-hydrogen) atoms. The molecule has 1 heterocycles. The molecule has 204 valence electrons. The third-order valence-electron chi connectivity index (χ3n) is 7.31. The van der Waals surface area contributed by atoms with Gasteiger partial charge in [0.2, 0.25) is 10.0 Å². The standard InChI is InChI=1S/C28H32Cl2N2O5S/c1-3-13-38(36,37)31-16-24(18-7-8-18)32-27(19-9-11-21(29)12-10-19)26(20-5-4-6-22(30)14-20)17(2)23(28(32)35)15-25(33)34/h4-6,9-12,14,18,24,26-27,31H,3,7-8,13,15-16H2,1-2H3,(H,33,34)/t24?,26-,27-/m1/s1. The lowest BCUT2D eigenvalue weighted by Gasteiger charge is -2.47. The molecule has 0 aromatic heterocycles. The fraction of sp³-hybridized carbons (Fsp3) is 0.429. The molecule has 4 rings (SSSR count). The molecule has 2 aromatic carbocycles. The molecule has 1 amide bonds. The van der Waals surface area contributed by atoms with Gasteiger partial charge in [0.1, 0.15) is 0 Å². The van der Waals surface area contributed by atoms with Crippen LogP contribution in [0.15, 0.2) is 59.7 Å². The third-order valence-corrected chi connectivity index (χ3v) is 9.35. The van der Waals surface area contributed by atoms with Gasteiger partial charge in [-0.05, 0) is 67.5 Å². The van der Waals surface area contributed by atoms with E-state index in [0.29, 0.717) is 22.0 Å². The van der Waals surface area contributed by atoms with E-state index in [1.54, 1.807) is 36.9 Å². The second-order valence-electron chi connectivity index (χ2n) is 10.0. The summed E-state index contributed by atoms with van der Waals surface area (Å²) < 4.78 is 27.9.